The summed E-state index contributed by atoms with van der Waals surface area (Å²) in [6, 6.07) is 7.00. The Bertz CT molecular complexity index is 1240. The van der Waals surface area contributed by atoms with E-state index in [4.69, 9.17) is 23.8 Å². The number of likely N-dealkylation sites (tertiary alicyclic amines) is 1. The predicted octanol–water partition coefficient (Wildman–Crippen LogP) is 3.97. The number of hydrogen-bond donors (Lipinski definition) is 2. The van der Waals surface area contributed by atoms with E-state index in [2.05, 4.69) is 10.3 Å². The second-order valence-corrected chi connectivity index (χ2v) is 12.8. The van der Waals surface area contributed by atoms with Crippen molar-refractivity contribution >= 4 is 24.6 Å². The molecule has 1 aromatic heterocycles. The van der Waals surface area contributed by atoms with Crippen LogP contribution >= 0.6 is 0 Å². The Labute approximate surface area is 243 Å². The number of carbonyl (C=O) groups excluding carboxylic acids is 2. The van der Waals surface area contributed by atoms with Gasteiger partial charge in [-0.25, -0.2) is 9.78 Å². The van der Waals surface area contributed by atoms with Gasteiger partial charge in [-0.15, -0.1) is 0 Å². The van der Waals surface area contributed by atoms with Crippen LogP contribution < -0.4 is 10.8 Å². The highest BCUT2D eigenvalue weighted by atomic mass is 16.7. The Morgan fingerprint density at radius 2 is 1.73 bits per heavy atom. The third-order valence-corrected chi connectivity index (χ3v) is 9.68. The van der Waals surface area contributed by atoms with Crippen LogP contribution in [0.25, 0.3) is 11.3 Å². The molecule has 3 heterocycles. The predicted molar refractivity (Wildman–Crippen MR) is 156 cm³/mol. The lowest BCUT2D eigenvalue weighted by molar-refractivity contribution is -0.138. The Balaban J connectivity index is 1.38. The van der Waals surface area contributed by atoms with Crippen molar-refractivity contribution in [3.8, 4) is 11.3 Å². The molecule has 11 heteroatoms. The molecule has 222 valence electrons. The number of rotatable bonds is 7. The first-order valence-electron chi connectivity index (χ1n) is 14.6. The monoisotopic (exact) mass is 566 g/mol. The largest absolute Gasteiger partial charge is 0.494 e. The van der Waals surface area contributed by atoms with Gasteiger partial charge in [-0.05, 0) is 70.3 Å². The number of imidazole rings is 1. The molecule has 3 fully saturated rings. The third-order valence-electron chi connectivity index (χ3n) is 9.68. The highest BCUT2D eigenvalue weighted by Crippen LogP contribution is 2.52. The van der Waals surface area contributed by atoms with E-state index in [1.54, 1.807) is 6.92 Å². The number of aromatic amines is 1. The summed E-state index contributed by atoms with van der Waals surface area (Å²) in [7, 11) is 2.39. The summed E-state index contributed by atoms with van der Waals surface area (Å²) in [5, 5.41) is 2.69. The average molecular weight is 567 g/mol. The number of H-pyrrole nitrogens is 1. The van der Waals surface area contributed by atoms with E-state index >= 15 is 0 Å². The Kier molecular flexibility index (Phi) is 8.00. The number of benzene rings is 1. The number of amides is 2. The lowest BCUT2D eigenvalue weighted by Crippen LogP contribution is -2.54. The van der Waals surface area contributed by atoms with Gasteiger partial charge in [-0.1, -0.05) is 37.1 Å². The molecule has 3 atom stereocenters. The average Bonchev–Trinajstić information content (AvgIpc) is 3.73. The van der Waals surface area contributed by atoms with Crippen LogP contribution in [0.3, 0.4) is 0 Å². The van der Waals surface area contributed by atoms with Gasteiger partial charge in [-0.2, -0.15) is 0 Å². The van der Waals surface area contributed by atoms with Crippen molar-refractivity contribution < 1.29 is 28.4 Å². The molecule has 1 spiro atoms. The van der Waals surface area contributed by atoms with Crippen molar-refractivity contribution in [1.29, 1.82) is 0 Å². The fraction of sp³-hybridized carbons (Fsp3) is 0.633. The van der Waals surface area contributed by atoms with Gasteiger partial charge < -0.3 is 34.0 Å². The fourth-order valence-corrected chi connectivity index (χ4v) is 6.35. The first kappa shape index (κ1) is 29.6. The van der Waals surface area contributed by atoms with Gasteiger partial charge >= 0.3 is 13.2 Å². The molecule has 1 aromatic carbocycles. The zero-order valence-corrected chi connectivity index (χ0v) is 25.3. The minimum absolute atomic E-state index is 0.0594. The van der Waals surface area contributed by atoms with Crippen molar-refractivity contribution in [3.05, 3.63) is 36.3 Å². The molecule has 2 amide bonds. The number of methoxy groups -OCH3 is 2. The van der Waals surface area contributed by atoms with Crippen molar-refractivity contribution in [2.45, 2.75) is 96.1 Å². The molecule has 0 radical (unpaired) electrons. The van der Waals surface area contributed by atoms with Crippen LogP contribution in [-0.4, -0.2) is 78.1 Å². The summed E-state index contributed by atoms with van der Waals surface area (Å²) in [4.78, 5) is 36.2. The van der Waals surface area contributed by atoms with E-state index in [1.165, 1.54) is 14.2 Å². The fourth-order valence-electron chi connectivity index (χ4n) is 6.35. The molecule has 3 aliphatic rings. The normalized spacial score (nSPS) is 24.0. The van der Waals surface area contributed by atoms with Gasteiger partial charge in [0.15, 0.2) is 0 Å². The van der Waals surface area contributed by atoms with E-state index in [1.807, 2.05) is 63.1 Å². The van der Waals surface area contributed by atoms with Crippen molar-refractivity contribution in [1.82, 2.24) is 20.2 Å². The zero-order valence-electron chi connectivity index (χ0n) is 25.3. The van der Waals surface area contributed by atoms with Gasteiger partial charge in [0.2, 0.25) is 5.91 Å². The maximum absolute atomic E-state index is 14.0. The number of hydrogen-bond acceptors (Lipinski definition) is 7. The lowest BCUT2D eigenvalue weighted by Gasteiger charge is -2.32. The summed E-state index contributed by atoms with van der Waals surface area (Å²) in [5.41, 5.74) is 2.07. The van der Waals surface area contributed by atoms with Crippen LogP contribution in [0.5, 0.6) is 0 Å². The van der Waals surface area contributed by atoms with Crippen molar-refractivity contribution in [2.75, 3.05) is 20.8 Å². The second-order valence-electron chi connectivity index (χ2n) is 12.8. The minimum atomic E-state index is -0.872. The van der Waals surface area contributed by atoms with Gasteiger partial charge in [0.05, 0.1) is 42.3 Å². The molecular formula is C30H43BN4O6. The van der Waals surface area contributed by atoms with Crippen LogP contribution in [0.15, 0.2) is 30.5 Å². The number of carbonyl (C=O) groups is 2. The van der Waals surface area contributed by atoms with Crippen LogP contribution in [0.4, 0.5) is 4.79 Å². The minimum Gasteiger partial charge on any atom is -0.453 e. The zero-order chi connectivity index (χ0) is 29.6. The second kappa shape index (κ2) is 11.1. The summed E-state index contributed by atoms with van der Waals surface area (Å²) >= 11 is 0. The topological polar surface area (TPSA) is 115 Å². The number of alkyl carbamates (subject to hydrolysis) is 1. The molecule has 10 nitrogen and oxygen atoms in total. The molecule has 2 aromatic rings. The number of ether oxygens (including phenoxy) is 2. The molecule has 2 aliphatic heterocycles. The molecular weight excluding hydrogens is 523 g/mol. The Hall–Kier alpha value is -2.89. The smallest absolute Gasteiger partial charge is 0.453 e. The molecule has 5 rings (SSSR count). The van der Waals surface area contributed by atoms with E-state index in [0.717, 1.165) is 54.6 Å². The molecule has 1 aliphatic carbocycles. The van der Waals surface area contributed by atoms with Crippen molar-refractivity contribution in [2.24, 2.45) is 5.41 Å². The van der Waals surface area contributed by atoms with Crippen molar-refractivity contribution in [3.63, 3.8) is 0 Å². The molecule has 2 saturated heterocycles. The van der Waals surface area contributed by atoms with Gasteiger partial charge in [0.25, 0.3) is 0 Å². The highest BCUT2D eigenvalue weighted by molar-refractivity contribution is 6.62. The summed E-state index contributed by atoms with van der Waals surface area (Å²) in [6.45, 7) is 10.6. The standard InChI is InChI=1S/C30H43BN4O6/c1-19(38-6)24(34-27(37)39-7)26(36)35-18-30(14-8-9-15-30)16-23(35)25-32-17-22(33-25)20-10-12-21(13-11-20)31-40-28(2,3)29(4,5)41-31/h10-13,17,19,23-24H,8-9,14-16,18H2,1-7H3,(H,32,33)(H,34,37)/t19-,23+,24+/m1/s1. The molecule has 2 N–H and O–H groups in total. The van der Waals surface area contributed by atoms with Crippen LogP contribution in [0.1, 0.15) is 78.6 Å². The molecule has 41 heavy (non-hydrogen) atoms. The van der Waals surface area contributed by atoms with Gasteiger partial charge in [-0.3, -0.25) is 4.79 Å². The van der Waals surface area contributed by atoms with Crippen LogP contribution in [-0.2, 0) is 23.6 Å². The first-order chi connectivity index (χ1) is 19.4. The molecule has 0 bridgehead atoms. The highest BCUT2D eigenvalue weighted by Gasteiger charge is 2.52. The molecule has 1 saturated carbocycles. The SMILES string of the molecule is COC(=O)N[C@H](C(=O)N1CC2(CCCC2)C[C@H]1c1ncc(-c2ccc(B3OC(C)(C)C(C)(C)O3)cc2)[nH]1)[C@@H](C)OC. The summed E-state index contributed by atoms with van der Waals surface area (Å²) < 4.78 is 22.7. The first-order valence-corrected chi connectivity index (χ1v) is 14.6. The van der Waals surface area contributed by atoms with E-state index in [9.17, 15) is 9.59 Å². The Morgan fingerprint density at radius 3 is 2.32 bits per heavy atom. The van der Waals surface area contributed by atoms with Crippen LogP contribution in [0.2, 0.25) is 0 Å². The molecule has 0 unspecified atom stereocenters. The van der Waals surface area contributed by atoms with Gasteiger partial charge in [0.1, 0.15) is 11.9 Å². The summed E-state index contributed by atoms with van der Waals surface area (Å²) in [5.74, 6) is 0.553. The van der Waals surface area contributed by atoms with E-state index < -0.39 is 36.6 Å². The van der Waals surface area contributed by atoms with E-state index in [0.29, 0.717) is 6.54 Å². The van der Waals surface area contributed by atoms with Gasteiger partial charge in [0, 0.05) is 13.7 Å². The number of nitrogens with zero attached hydrogens (tertiary/aromatic N) is 2. The quantitative estimate of drug-likeness (QED) is 0.488. The van der Waals surface area contributed by atoms with E-state index in [-0.39, 0.29) is 17.4 Å². The third kappa shape index (κ3) is 5.64. The summed E-state index contributed by atoms with van der Waals surface area (Å²) in [6.07, 6.45) is 5.94. The van der Waals surface area contributed by atoms with Crippen LogP contribution in [0, 0.1) is 5.41 Å². The Morgan fingerprint density at radius 1 is 1.10 bits per heavy atom. The number of nitrogens with one attached hydrogen (secondary N) is 2. The maximum atomic E-state index is 14.0. The maximum Gasteiger partial charge on any atom is 0.494 e. The lowest BCUT2D eigenvalue weighted by atomic mass is 9.79. The number of aromatic nitrogens is 2.